The van der Waals surface area contributed by atoms with Crippen LogP contribution in [0, 0.1) is 35.5 Å². The van der Waals surface area contributed by atoms with Crippen molar-refractivity contribution in [2.45, 2.75) is 58.8 Å². The summed E-state index contributed by atoms with van der Waals surface area (Å²) < 4.78 is 5.29. The maximum absolute atomic E-state index is 12.3. The number of rotatable bonds is 11. The Morgan fingerprint density at radius 3 is 2.31 bits per heavy atom. The molecule has 6 atom stereocenters. The molecule has 0 aromatic rings. The molecule has 2 aliphatic rings. The van der Waals surface area contributed by atoms with E-state index in [9.17, 15) is 14.7 Å². The second-order valence-corrected chi connectivity index (χ2v) is 8.83. The van der Waals surface area contributed by atoms with E-state index in [1.54, 1.807) is 0 Å². The molecule has 2 aliphatic carbocycles. The predicted octanol–water partition coefficient (Wildman–Crippen LogP) is 3.55. The maximum atomic E-state index is 12.3. The van der Waals surface area contributed by atoms with Gasteiger partial charge >= 0.3 is 11.9 Å². The van der Waals surface area contributed by atoms with Crippen LogP contribution in [0.1, 0.15) is 58.8 Å². The van der Waals surface area contributed by atoms with Crippen molar-refractivity contribution < 1.29 is 39.4 Å². The Balaban J connectivity index is 1.60. The zero-order valence-corrected chi connectivity index (χ0v) is 17.6. The fourth-order valence-corrected chi connectivity index (χ4v) is 4.61. The van der Waals surface area contributed by atoms with Crippen LogP contribution >= 0.6 is 0 Å². The minimum absolute atomic E-state index is 0.181. The topological polar surface area (TPSA) is 112 Å². The first-order valence-electron chi connectivity index (χ1n) is 10.8. The third-order valence-corrected chi connectivity index (χ3v) is 6.40. The summed E-state index contributed by atoms with van der Waals surface area (Å²) in [6, 6.07) is 0. The van der Waals surface area contributed by atoms with Gasteiger partial charge in [0, 0.05) is 6.42 Å². The summed E-state index contributed by atoms with van der Waals surface area (Å²) in [7, 11) is 0. The van der Waals surface area contributed by atoms with E-state index in [4.69, 9.17) is 19.8 Å². The summed E-state index contributed by atoms with van der Waals surface area (Å²) in [6.07, 6.45) is 5.54. The average molecular weight is 417 g/mol. The largest absolute Gasteiger partial charge is 0.481 e. The van der Waals surface area contributed by atoms with Crippen LogP contribution in [-0.2, 0) is 29.0 Å². The molecule has 0 saturated heterocycles. The molecule has 0 bridgehead atoms. The highest BCUT2D eigenvalue weighted by Crippen LogP contribution is 2.35. The smallest absolute Gasteiger partial charge is 0.309 e. The van der Waals surface area contributed by atoms with E-state index >= 15 is 0 Å². The van der Waals surface area contributed by atoms with E-state index in [0.717, 1.165) is 25.7 Å². The molecule has 168 valence electrons. The second-order valence-electron chi connectivity index (χ2n) is 8.83. The van der Waals surface area contributed by atoms with Gasteiger partial charge in [0.2, 0.25) is 0 Å². The van der Waals surface area contributed by atoms with E-state index < -0.39 is 23.8 Å². The van der Waals surface area contributed by atoms with Crippen molar-refractivity contribution in [2.24, 2.45) is 35.5 Å². The Morgan fingerprint density at radius 2 is 1.59 bits per heavy atom. The Kier molecular flexibility index (Phi) is 10.3. The van der Waals surface area contributed by atoms with Crippen LogP contribution < -0.4 is 0 Å². The van der Waals surface area contributed by atoms with Crippen molar-refractivity contribution in [3.05, 3.63) is 0 Å². The molecule has 2 saturated carbocycles. The number of carboxylic acids is 1. The van der Waals surface area contributed by atoms with Crippen LogP contribution in [0.15, 0.2) is 0 Å². The fourth-order valence-electron chi connectivity index (χ4n) is 4.61. The first kappa shape index (κ1) is 24.1. The van der Waals surface area contributed by atoms with Gasteiger partial charge < -0.3 is 9.84 Å². The fraction of sp³-hybridized carbons (Fsp3) is 0.905. The van der Waals surface area contributed by atoms with E-state index in [1.165, 1.54) is 0 Å². The molecule has 0 heterocycles. The van der Waals surface area contributed by atoms with Crippen LogP contribution in [-0.4, -0.2) is 48.7 Å². The number of hydrogen-bond acceptors (Lipinski definition) is 7. The molecule has 0 amide bonds. The number of carboxylic acid groups (broad SMARTS) is 1. The molecule has 0 spiro atoms. The SMILES string of the molecule is CC1CCC(COO)C(COOCCCOC(=O)C2CC(C)CCC2C(=O)O)C1. The van der Waals surface area contributed by atoms with Crippen LogP contribution in [0.5, 0.6) is 0 Å². The maximum Gasteiger partial charge on any atom is 0.309 e. The number of carbonyl (C=O) groups is 2. The quantitative estimate of drug-likeness (QED) is 0.228. The lowest BCUT2D eigenvalue weighted by Gasteiger charge is -2.33. The molecule has 0 aliphatic heterocycles. The predicted molar refractivity (Wildman–Crippen MR) is 104 cm³/mol. The van der Waals surface area contributed by atoms with Crippen molar-refractivity contribution in [3.63, 3.8) is 0 Å². The number of carbonyl (C=O) groups excluding carboxylic acids is 1. The number of hydrogen-bond donors (Lipinski definition) is 2. The first-order valence-corrected chi connectivity index (χ1v) is 10.8. The lowest BCUT2D eigenvalue weighted by atomic mass is 9.74. The summed E-state index contributed by atoms with van der Waals surface area (Å²) >= 11 is 0. The van der Waals surface area contributed by atoms with Gasteiger partial charge in [-0.15, -0.1) is 0 Å². The van der Waals surface area contributed by atoms with Crippen LogP contribution in [0.2, 0.25) is 0 Å². The lowest BCUT2D eigenvalue weighted by Crippen LogP contribution is -2.36. The van der Waals surface area contributed by atoms with Crippen LogP contribution in [0.3, 0.4) is 0 Å². The monoisotopic (exact) mass is 416 g/mol. The molecule has 29 heavy (non-hydrogen) atoms. The van der Waals surface area contributed by atoms with Crippen molar-refractivity contribution in [1.29, 1.82) is 0 Å². The third-order valence-electron chi connectivity index (χ3n) is 6.40. The number of esters is 1. The molecule has 0 aromatic carbocycles. The Hall–Kier alpha value is -1.22. The molecule has 2 N–H and O–H groups in total. The summed E-state index contributed by atoms with van der Waals surface area (Å²) in [5.41, 5.74) is 0. The van der Waals surface area contributed by atoms with Crippen LogP contribution in [0.25, 0.3) is 0 Å². The molecule has 2 rings (SSSR count). The first-order chi connectivity index (χ1) is 13.9. The molecular formula is C21H36O8. The van der Waals surface area contributed by atoms with Gasteiger partial charge in [-0.1, -0.05) is 20.3 Å². The summed E-state index contributed by atoms with van der Waals surface area (Å²) in [5.74, 6) is -1.05. The van der Waals surface area contributed by atoms with Gasteiger partial charge in [-0.2, -0.15) is 0 Å². The van der Waals surface area contributed by atoms with E-state index in [2.05, 4.69) is 11.8 Å². The second kappa shape index (κ2) is 12.5. The molecule has 2 fully saturated rings. The van der Waals surface area contributed by atoms with Crippen LogP contribution in [0.4, 0.5) is 0 Å². The minimum Gasteiger partial charge on any atom is -0.481 e. The van der Waals surface area contributed by atoms with Crippen molar-refractivity contribution >= 4 is 11.9 Å². The van der Waals surface area contributed by atoms with Gasteiger partial charge in [0.1, 0.15) is 0 Å². The Morgan fingerprint density at radius 1 is 0.862 bits per heavy atom. The van der Waals surface area contributed by atoms with E-state index in [0.29, 0.717) is 50.9 Å². The zero-order valence-electron chi connectivity index (χ0n) is 17.6. The number of ether oxygens (including phenoxy) is 1. The molecule has 8 heteroatoms. The highest BCUT2D eigenvalue weighted by atomic mass is 17.2. The van der Waals surface area contributed by atoms with Gasteiger partial charge in [-0.3, -0.25) is 14.8 Å². The molecule has 0 radical (unpaired) electrons. The van der Waals surface area contributed by atoms with E-state index in [-0.39, 0.29) is 18.4 Å². The lowest BCUT2D eigenvalue weighted by molar-refractivity contribution is -0.310. The minimum atomic E-state index is -0.919. The average Bonchev–Trinajstić information content (AvgIpc) is 2.68. The summed E-state index contributed by atoms with van der Waals surface area (Å²) in [5, 5.41) is 18.0. The Bertz CT molecular complexity index is 511. The third kappa shape index (κ3) is 7.85. The zero-order chi connectivity index (χ0) is 21.2. The van der Waals surface area contributed by atoms with Gasteiger partial charge in [0.25, 0.3) is 0 Å². The highest BCUT2D eigenvalue weighted by molar-refractivity contribution is 5.81. The molecule has 6 unspecified atom stereocenters. The molecule has 0 aromatic heterocycles. The standard InChI is InChI=1S/C21H36O8/c1-14-4-6-16(12-27-25)17(10-14)13-29-28-9-3-8-26-21(24)19-11-15(2)5-7-18(19)20(22)23/h14-19,25H,3-13H2,1-2H3,(H,22,23). The normalized spacial score (nSPS) is 32.7. The molecular weight excluding hydrogens is 380 g/mol. The summed E-state index contributed by atoms with van der Waals surface area (Å²) in [6.45, 7) is 5.47. The Labute approximate surface area is 172 Å². The van der Waals surface area contributed by atoms with Gasteiger partial charge in [0.05, 0.1) is 38.3 Å². The van der Waals surface area contributed by atoms with Gasteiger partial charge in [-0.05, 0) is 55.8 Å². The van der Waals surface area contributed by atoms with Gasteiger partial charge in [0.15, 0.2) is 0 Å². The molecule has 8 nitrogen and oxygen atoms in total. The van der Waals surface area contributed by atoms with Crippen molar-refractivity contribution in [2.75, 3.05) is 26.4 Å². The van der Waals surface area contributed by atoms with Gasteiger partial charge in [-0.25, -0.2) is 14.7 Å². The highest BCUT2D eigenvalue weighted by Gasteiger charge is 2.39. The number of aliphatic carboxylic acids is 1. The van der Waals surface area contributed by atoms with E-state index in [1.807, 2.05) is 6.92 Å². The van der Waals surface area contributed by atoms with Crippen molar-refractivity contribution in [3.8, 4) is 0 Å². The summed E-state index contributed by atoms with van der Waals surface area (Å²) in [4.78, 5) is 38.5. The van der Waals surface area contributed by atoms with Crippen molar-refractivity contribution in [1.82, 2.24) is 0 Å².